The van der Waals surface area contributed by atoms with Gasteiger partial charge in [0, 0.05) is 36.2 Å². The van der Waals surface area contributed by atoms with Crippen molar-refractivity contribution in [3.63, 3.8) is 0 Å². The second-order valence-electron chi connectivity index (χ2n) is 7.91. The van der Waals surface area contributed by atoms with Crippen molar-refractivity contribution < 1.29 is 19.5 Å². The summed E-state index contributed by atoms with van der Waals surface area (Å²) in [6.07, 6.45) is 2.03. The Balaban J connectivity index is 1.72. The van der Waals surface area contributed by atoms with Crippen molar-refractivity contribution in [2.45, 2.75) is 32.2 Å². The van der Waals surface area contributed by atoms with Gasteiger partial charge in [-0.05, 0) is 42.7 Å². The van der Waals surface area contributed by atoms with Gasteiger partial charge in [-0.3, -0.25) is 9.59 Å². The molecule has 9 heteroatoms. The number of nitrogens with one attached hydrogen (secondary N) is 3. The third-order valence-corrected chi connectivity index (χ3v) is 5.38. The van der Waals surface area contributed by atoms with Crippen LogP contribution in [0.1, 0.15) is 53.7 Å². The Morgan fingerprint density at radius 2 is 1.79 bits per heavy atom. The van der Waals surface area contributed by atoms with Crippen molar-refractivity contribution in [2.24, 2.45) is 10.7 Å². The first-order valence-electron chi connectivity index (χ1n) is 11.2. The Hall–Kier alpha value is -4.14. The molecule has 1 atom stereocenters. The van der Waals surface area contributed by atoms with Crippen LogP contribution in [0.2, 0.25) is 0 Å². The summed E-state index contributed by atoms with van der Waals surface area (Å²) in [6, 6.07) is 14.5. The molecule has 1 unspecified atom stereocenters. The maximum atomic E-state index is 12.6. The molecule has 1 heterocycles. The van der Waals surface area contributed by atoms with E-state index in [1.165, 1.54) is 0 Å². The normalized spacial score (nSPS) is 13.4. The number of aliphatic imine (C=N–C) groups is 1. The van der Waals surface area contributed by atoms with E-state index in [9.17, 15) is 14.4 Å². The zero-order chi connectivity index (χ0) is 24.5. The number of hydrogen-bond donors (Lipinski definition) is 5. The Bertz CT molecular complexity index is 1110. The van der Waals surface area contributed by atoms with Gasteiger partial charge in [0.05, 0.1) is 11.7 Å². The first kappa shape index (κ1) is 24.5. The topological polar surface area (TPSA) is 146 Å². The van der Waals surface area contributed by atoms with Crippen molar-refractivity contribution in [2.75, 3.05) is 13.1 Å². The van der Waals surface area contributed by atoms with Crippen LogP contribution in [0.3, 0.4) is 0 Å². The van der Waals surface area contributed by atoms with E-state index in [-0.39, 0.29) is 30.8 Å². The molecular formula is C25H29N5O4. The number of benzene rings is 2. The number of nitrogens with two attached hydrogens (primary N) is 1. The van der Waals surface area contributed by atoms with Crippen LogP contribution in [-0.2, 0) is 4.79 Å². The minimum atomic E-state index is -1.09. The smallest absolute Gasteiger partial charge is 0.404 e. The largest absolute Gasteiger partial charge is 0.465 e. The van der Waals surface area contributed by atoms with Crippen molar-refractivity contribution >= 4 is 35.5 Å². The lowest BCUT2D eigenvalue weighted by atomic mass is 9.99. The second kappa shape index (κ2) is 11.6. The van der Waals surface area contributed by atoms with Crippen LogP contribution in [-0.4, -0.2) is 41.9 Å². The minimum Gasteiger partial charge on any atom is -0.465 e. The molecule has 34 heavy (non-hydrogen) atoms. The second-order valence-corrected chi connectivity index (χ2v) is 7.91. The predicted octanol–water partition coefficient (Wildman–Crippen LogP) is 3.12. The Morgan fingerprint density at radius 1 is 1.06 bits per heavy atom. The first-order chi connectivity index (χ1) is 16.4. The number of hydrogen-bond acceptors (Lipinski definition) is 5. The molecule has 0 radical (unpaired) electrons. The number of carbonyl (C=O) groups excluding carboxylic acids is 2. The number of nitrogens with zero attached hydrogens (tertiary/aromatic N) is 1. The van der Waals surface area contributed by atoms with Crippen LogP contribution in [0, 0.1) is 0 Å². The zero-order valence-electron chi connectivity index (χ0n) is 19.0. The van der Waals surface area contributed by atoms with Crippen LogP contribution in [0.4, 0.5) is 10.5 Å². The minimum absolute atomic E-state index is 0.150. The van der Waals surface area contributed by atoms with Crippen LogP contribution in [0.5, 0.6) is 0 Å². The van der Waals surface area contributed by atoms with Gasteiger partial charge >= 0.3 is 6.09 Å². The molecule has 6 N–H and O–H groups in total. The van der Waals surface area contributed by atoms with Gasteiger partial charge in [-0.25, -0.2) is 9.79 Å². The fourth-order valence-corrected chi connectivity index (χ4v) is 3.62. The Morgan fingerprint density at radius 3 is 2.50 bits per heavy atom. The van der Waals surface area contributed by atoms with Gasteiger partial charge in [-0.2, -0.15) is 0 Å². The highest BCUT2D eigenvalue weighted by molar-refractivity contribution is 6.05. The van der Waals surface area contributed by atoms with Gasteiger partial charge in [-0.1, -0.05) is 37.3 Å². The predicted molar refractivity (Wildman–Crippen MR) is 131 cm³/mol. The molecule has 9 nitrogen and oxygen atoms in total. The number of fused-ring (bicyclic) bond motifs is 1. The highest BCUT2D eigenvalue weighted by Crippen LogP contribution is 2.30. The van der Waals surface area contributed by atoms with Crippen LogP contribution >= 0.6 is 0 Å². The molecule has 1 aliphatic rings. The van der Waals surface area contributed by atoms with E-state index in [1.807, 2.05) is 43.3 Å². The molecule has 0 aliphatic carbocycles. The lowest BCUT2D eigenvalue weighted by molar-refractivity contribution is -0.117. The summed E-state index contributed by atoms with van der Waals surface area (Å²) < 4.78 is 0. The average molecular weight is 464 g/mol. The molecule has 178 valence electrons. The number of carbonyl (C=O) groups is 3. The molecule has 0 spiro atoms. The molecule has 2 aromatic rings. The fraction of sp³-hybridized carbons (Fsp3) is 0.280. The van der Waals surface area contributed by atoms with Crippen molar-refractivity contribution in [3.8, 4) is 0 Å². The molecule has 3 amide bonds. The quantitative estimate of drug-likeness (QED) is 0.363. The molecule has 3 rings (SSSR count). The number of amidine groups is 1. The van der Waals surface area contributed by atoms with Crippen LogP contribution < -0.4 is 21.7 Å². The average Bonchev–Trinajstić information content (AvgIpc) is 2.99. The van der Waals surface area contributed by atoms with E-state index < -0.39 is 6.09 Å². The maximum Gasteiger partial charge on any atom is 0.404 e. The molecule has 2 aromatic carbocycles. The summed E-state index contributed by atoms with van der Waals surface area (Å²) in [4.78, 5) is 40.2. The van der Waals surface area contributed by atoms with Gasteiger partial charge in [0.15, 0.2) is 0 Å². The van der Waals surface area contributed by atoms with E-state index >= 15 is 0 Å². The zero-order valence-corrected chi connectivity index (χ0v) is 19.0. The summed E-state index contributed by atoms with van der Waals surface area (Å²) >= 11 is 0. The molecule has 0 bridgehead atoms. The van der Waals surface area contributed by atoms with Gasteiger partial charge in [0.25, 0.3) is 5.91 Å². The molecule has 1 aliphatic heterocycles. The van der Waals surface area contributed by atoms with E-state index in [4.69, 9.17) is 10.8 Å². The first-order valence-corrected chi connectivity index (χ1v) is 11.2. The van der Waals surface area contributed by atoms with Crippen LogP contribution in [0.25, 0.3) is 6.08 Å². The lowest BCUT2D eigenvalue weighted by Gasteiger charge is -2.18. The molecule has 0 saturated heterocycles. The molecular weight excluding hydrogens is 434 g/mol. The summed E-state index contributed by atoms with van der Waals surface area (Å²) in [5, 5.41) is 16.7. The van der Waals surface area contributed by atoms with Crippen LogP contribution in [0.15, 0.2) is 59.1 Å². The molecule has 0 fully saturated rings. The Kier molecular flexibility index (Phi) is 8.39. The number of carboxylic acid groups (broad SMARTS) is 1. The van der Waals surface area contributed by atoms with Crippen molar-refractivity contribution in [3.05, 3.63) is 70.8 Å². The summed E-state index contributed by atoms with van der Waals surface area (Å²) in [5.41, 5.74) is 9.44. The number of rotatable bonds is 9. The van der Waals surface area contributed by atoms with E-state index in [2.05, 4.69) is 20.9 Å². The monoisotopic (exact) mass is 463 g/mol. The van der Waals surface area contributed by atoms with Gasteiger partial charge < -0.3 is 26.8 Å². The Labute approximate surface area is 198 Å². The van der Waals surface area contributed by atoms with E-state index in [0.717, 1.165) is 11.1 Å². The van der Waals surface area contributed by atoms with Crippen molar-refractivity contribution in [1.82, 2.24) is 16.0 Å². The third-order valence-electron chi connectivity index (χ3n) is 5.38. The molecule has 0 aromatic heterocycles. The van der Waals surface area contributed by atoms with Crippen molar-refractivity contribution in [1.29, 1.82) is 0 Å². The standard InChI is InChI=1S/C25H29N5O4/c1-2-20(30-24(32)16-7-4-3-5-8-16)18-10-9-17-13-19(15-22(26)29-21(17)14-18)23(31)27-11-6-12-28-25(33)34/h3-5,7-10,13-14,20,28H,2,6,11-12,15H2,1H3,(H2,26,29)(H,27,31)(H,30,32)(H,33,34). The van der Waals surface area contributed by atoms with Gasteiger partial charge in [0.1, 0.15) is 5.84 Å². The van der Waals surface area contributed by atoms with E-state index in [0.29, 0.717) is 42.0 Å². The third kappa shape index (κ3) is 6.68. The highest BCUT2D eigenvalue weighted by Gasteiger charge is 2.19. The summed E-state index contributed by atoms with van der Waals surface area (Å²) in [7, 11) is 0. The SMILES string of the molecule is CCC(NC(=O)c1ccccc1)c1ccc2c(c1)N=C(N)CC(C(=O)NCCCNC(=O)O)=C2. The van der Waals surface area contributed by atoms with E-state index in [1.54, 1.807) is 18.2 Å². The maximum absolute atomic E-state index is 12.6. The fourth-order valence-electron chi connectivity index (χ4n) is 3.62. The van der Waals surface area contributed by atoms with Gasteiger partial charge in [0.2, 0.25) is 5.91 Å². The highest BCUT2D eigenvalue weighted by atomic mass is 16.4. The summed E-state index contributed by atoms with van der Waals surface area (Å²) in [6.45, 7) is 2.58. The molecule has 0 saturated carbocycles. The number of amides is 3. The summed E-state index contributed by atoms with van der Waals surface area (Å²) in [5.74, 6) is -0.110. The lowest BCUT2D eigenvalue weighted by Crippen LogP contribution is -2.30. The van der Waals surface area contributed by atoms with Gasteiger partial charge in [-0.15, -0.1) is 0 Å².